The molecule has 0 heterocycles. The molecule has 0 aliphatic rings. The Morgan fingerprint density at radius 1 is 1.44 bits per heavy atom. The highest BCUT2D eigenvalue weighted by Crippen LogP contribution is 2.15. The van der Waals surface area contributed by atoms with E-state index in [2.05, 4.69) is 33.8 Å². The van der Waals surface area contributed by atoms with E-state index < -0.39 is 0 Å². The van der Waals surface area contributed by atoms with Crippen molar-refractivity contribution in [2.24, 2.45) is 0 Å². The van der Waals surface area contributed by atoms with Gasteiger partial charge in [0.15, 0.2) is 0 Å². The summed E-state index contributed by atoms with van der Waals surface area (Å²) in [6, 6.07) is 7.98. The lowest BCUT2D eigenvalue weighted by Crippen LogP contribution is -1.96. The zero-order valence-corrected chi connectivity index (χ0v) is 10.9. The second-order valence-corrected chi connectivity index (χ2v) is 3.67. The van der Waals surface area contributed by atoms with E-state index in [-0.39, 0.29) is 5.97 Å². The zero-order valence-electron chi connectivity index (χ0n) is 9.28. The minimum atomic E-state index is -0.264. The maximum Gasteiger partial charge on any atom is 0.302 e. The van der Waals surface area contributed by atoms with E-state index in [1.54, 1.807) is 0 Å². The van der Waals surface area contributed by atoms with Gasteiger partial charge in [-0.2, -0.15) is 0 Å². The fourth-order valence-corrected chi connectivity index (χ4v) is 1.26. The molecule has 0 aliphatic carbocycles. The molecule has 0 saturated heterocycles. The second kappa shape index (κ2) is 8.92. The van der Waals surface area contributed by atoms with Crippen molar-refractivity contribution < 1.29 is 9.53 Å². The predicted molar refractivity (Wildman–Crippen MR) is 71.1 cm³/mol. The Morgan fingerprint density at radius 2 is 2.06 bits per heavy atom. The van der Waals surface area contributed by atoms with Gasteiger partial charge in [-0.1, -0.05) is 59.4 Å². The zero-order chi connectivity index (χ0) is 12.4. The van der Waals surface area contributed by atoms with Gasteiger partial charge in [-0.05, 0) is 11.6 Å². The minimum Gasteiger partial charge on any atom is -0.462 e. The van der Waals surface area contributed by atoms with Gasteiger partial charge >= 0.3 is 5.97 Å². The van der Waals surface area contributed by atoms with Crippen molar-refractivity contribution in [1.82, 2.24) is 0 Å². The molecule has 2 nitrogen and oxygen atoms in total. The van der Waals surface area contributed by atoms with Crippen molar-refractivity contribution in [1.29, 1.82) is 0 Å². The monoisotopic (exact) mass is 282 g/mol. The van der Waals surface area contributed by atoms with Gasteiger partial charge in [0.25, 0.3) is 0 Å². The molecule has 3 heteroatoms. The van der Waals surface area contributed by atoms with E-state index >= 15 is 0 Å². The van der Waals surface area contributed by atoms with Crippen molar-refractivity contribution >= 4 is 28.0 Å². The van der Waals surface area contributed by atoms with Crippen LogP contribution >= 0.6 is 15.9 Å². The molecule has 86 valence electrons. The SMILES string of the molecule is C=CCOC(C)=O.C=Cc1ccccc1Br. The molecule has 1 rings (SSSR count). The van der Waals surface area contributed by atoms with E-state index in [0.717, 1.165) is 10.0 Å². The Kier molecular flexibility index (Phi) is 8.17. The molecule has 1 aromatic rings. The fourth-order valence-electron chi connectivity index (χ4n) is 0.817. The maximum absolute atomic E-state index is 9.93. The third-order valence-electron chi connectivity index (χ3n) is 1.53. The first-order valence-corrected chi connectivity index (χ1v) is 5.52. The van der Waals surface area contributed by atoms with Crippen LogP contribution in [0.1, 0.15) is 12.5 Å². The number of hydrogen-bond acceptors (Lipinski definition) is 2. The predicted octanol–water partition coefficient (Wildman–Crippen LogP) is 3.83. The molecule has 0 bridgehead atoms. The van der Waals surface area contributed by atoms with Crippen LogP contribution in [0, 0.1) is 0 Å². The summed E-state index contributed by atoms with van der Waals surface area (Å²) in [6.07, 6.45) is 3.35. The summed E-state index contributed by atoms with van der Waals surface area (Å²) in [4.78, 5) is 9.93. The molecule has 0 radical (unpaired) electrons. The average molecular weight is 283 g/mol. The molecule has 1 aromatic carbocycles. The maximum atomic E-state index is 9.93. The van der Waals surface area contributed by atoms with Gasteiger partial charge in [0, 0.05) is 11.4 Å². The summed E-state index contributed by atoms with van der Waals surface area (Å²) in [7, 11) is 0. The first-order chi connectivity index (χ1) is 7.61. The van der Waals surface area contributed by atoms with Gasteiger partial charge in [-0.3, -0.25) is 4.79 Å². The normalized spacial score (nSPS) is 8.38. The van der Waals surface area contributed by atoms with Crippen LogP contribution < -0.4 is 0 Å². The number of halogens is 1. The third kappa shape index (κ3) is 7.01. The number of benzene rings is 1. The molecule has 0 unspecified atom stereocenters. The van der Waals surface area contributed by atoms with Crippen LogP contribution in [0.2, 0.25) is 0 Å². The van der Waals surface area contributed by atoms with Gasteiger partial charge in [0.05, 0.1) is 0 Å². The Morgan fingerprint density at radius 3 is 2.38 bits per heavy atom. The lowest BCUT2D eigenvalue weighted by Gasteiger charge is -1.93. The quantitative estimate of drug-likeness (QED) is 0.622. The lowest BCUT2D eigenvalue weighted by molar-refractivity contribution is -0.139. The summed E-state index contributed by atoms with van der Waals surface area (Å²) in [5.41, 5.74) is 1.14. The molecule has 0 saturated carbocycles. The molecule has 0 amide bonds. The standard InChI is InChI=1S/C8H7Br.C5H8O2/c1-2-7-5-3-4-6-8(7)9;1-3-4-7-5(2)6/h2-6H,1H2;3H,1,4H2,2H3. The topological polar surface area (TPSA) is 26.3 Å². The first kappa shape index (κ1) is 14.6. The lowest BCUT2D eigenvalue weighted by atomic mass is 10.2. The highest BCUT2D eigenvalue weighted by atomic mass is 79.9. The summed E-state index contributed by atoms with van der Waals surface area (Å²) >= 11 is 3.39. The van der Waals surface area contributed by atoms with Crippen molar-refractivity contribution in [3.8, 4) is 0 Å². The smallest absolute Gasteiger partial charge is 0.302 e. The highest BCUT2D eigenvalue weighted by Gasteiger charge is 1.88. The molecule has 0 N–H and O–H groups in total. The van der Waals surface area contributed by atoms with Gasteiger partial charge < -0.3 is 4.74 Å². The van der Waals surface area contributed by atoms with Gasteiger partial charge in [0.1, 0.15) is 6.61 Å². The van der Waals surface area contributed by atoms with Crippen molar-refractivity contribution in [2.75, 3.05) is 6.61 Å². The molecule has 16 heavy (non-hydrogen) atoms. The highest BCUT2D eigenvalue weighted by molar-refractivity contribution is 9.10. The van der Waals surface area contributed by atoms with Crippen LogP contribution in [0.4, 0.5) is 0 Å². The van der Waals surface area contributed by atoms with E-state index in [9.17, 15) is 4.79 Å². The van der Waals surface area contributed by atoms with Crippen molar-refractivity contribution in [3.63, 3.8) is 0 Å². The Bertz CT molecular complexity index is 359. The molecule has 0 atom stereocenters. The van der Waals surface area contributed by atoms with Crippen LogP contribution in [-0.4, -0.2) is 12.6 Å². The number of rotatable bonds is 3. The van der Waals surface area contributed by atoms with Gasteiger partial charge in [-0.15, -0.1) is 0 Å². The molecule has 0 fully saturated rings. The number of esters is 1. The molecular weight excluding hydrogens is 268 g/mol. The van der Waals surface area contributed by atoms with Crippen molar-refractivity contribution in [3.05, 3.63) is 53.5 Å². The molecular formula is C13H15BrO2. The minimum absolute atomic E-state index is 0.264. The number of hydrogen-bond donors (Lipinski definition) is 0. The number of ether oxygens (including phenoxy) is 1. The molecule has 0 aromatic heterocycles. The Labute approximate surface area is 105 Å². The summed E-state index contributed by atoms with van der Waals surface area (Å²) < 4.78 is 5.53. The largest absolute Gasteiger partial charge is 0.462 e. The molecule has 0 spiro atoms. The van der Waals surface area contributed by atoms with Crippen LogP contribution in [-0.2, 0) is 9.53 Å². The van der Waals surface area contributed by atoms with Crippen LogP contribution in [0.5, 0.6) is 0 Å². The van der Waals surface area contributed by atoms with Crippen molar-refractivity contribution in [2.45, 2.75) is 6.92 Å². The van der Waals surface area contributed by atoms with E-state index in [0.29, 0.717) is 6.61 Å². The first-order valence-electron chi connectivity index (χ1n) is 4.73. The average Bonchev–Trinajstić information content (AvgIpc) is 2.28. The van der Waals surface area contributed by atoms with Crippen LogP contribution in [0.3, 0.4) is 0 Å². The Hall–Kier alpha value is -1.35. The second-order valence-electron chi connectivity index (χ2n) is 2.82. The van der Waals surface area contributed by atoms with E-state index in [1.165, 1.54) is 13.0 Å². The van der Waals surface area contributed by atoms with Crippen LogP contribution in [0.25, 0.3) is 6.08 Å². The van der Waals surface area contributed by atoms with Gasteiger partial charge in [-0.25, -0.2) is 0 Å². The fraction of sp³-hybridized carbons (Fsp3) is 0.154. The number of carbonyl (C=O) groups is 1. The van der Waals surface area contributed by atoms with E-state index in [4.69, 9.17) is 0 Å². The summed E-state index contributed by atoms with van der Waals surface area (Å²) in [5, 5.41) is 0. The van der Waals surface area contributed by atoms with Gasteiger partial charge in [0.2, 0.25) is 0 Å². The summed E-state index contributed by atoms with van der Waals surface area (Å²) in [5.74, 6) is -0.264. The third-order valence-corrected chi connectivity index (χ3v) is 2.25. The molecule has 0 aliphatic heterocycles. The summed E-state index contributed by atoms with van der Waals surface area (Å²) in [6.45, 7) is 8.70. The Balaban J connectivity index is 0.000000293. The number of carbonyl (C=O) groups excluding carboxylic acids is 1. The van der Waals surface area contributed by atoms with Crippen LogP contribution in [0.15, 0.2) is 48.0 Å². The van der Waals surface area contributed by atoms with E-state index in [1.807, 2.05) is 30.3 Å².